The lowest BCUT2D eigenvalue weighted by Gasteiger charge is -2.26. The second-order valence-corrected chi connectivity index (χ2v) is 6.15. The van der Waals surface area contributed by atoms with Crippen LogP contribution in [-0.4, -0.2) is 24.4 Å². The maximum absolute atomic E-state index is 12.8. The molecule has 1 atom stereocenters. The SMILES string of the molecule is CC(C)CN1C(=O)C(C2CC2)NC(=O)c2ccccc21. The fraction of sp³-hybridized carbons (Fsp3) is 0.500. The third-order valence-corrected chi connectivity index (χ3v) is 3.90. The van der Waals surface area contributed by atoms with E-state index >= 15 is 0 Å². The van der Waals surface area contributed by atoms with E-state index in [4.69, 9.17) is 0 Å². The molecule has 1 fully saturated rings. The molecular weight excluding hydrogens is 252 g/mol. The van der Waals surface area contributed by atoms with Gasteiger partial charge in [-0.3, -0.25) is 9.59 Å². The fourth-order valence-corrected chi connectivity index (χ4v) is 2.77. The van der Waals surface area contributed by atoms with E-state index < -0.39 is 0 Å². The maximum atomic E-state index is 12.8. The van der Waals surface area contributed by atoms with Crippen LogP contribution in [0, 0.1) is 11.8 Å². The first kappa shape index (κ1) is 13.2. The maximum Gasteiger partial charge on any atom is 0.254 e. The summed E-state index contributed by atoms with van der Waals surface area (Å²) in [6.07, 6.45) is 2.06. The highest BCUT2D eigenvalue weighted by atomic mass is 16.2. The summed E-state index contributed by atoms with van der Waals surface area (Å²) in [6, 6.07) is 7.02. The van der Waals surface area contributed by atoms with E-state index in [9.17, 15) is 9.59 Å². The Morgan fingerprint density at radius 3 is 2.60 bits per heavy atom. The number of amides is 2. The van der Waals surface area contributed by atoms with Crippen molar-refractivity contribution in [3.8, 4) is 0 Å². The van der Waals surface area contributed by atoms with Crippen molar-refractivity contribution in [2.75, 3.05) is 11.4 Å². The highest BCUT2D eigenvalue weighted by Crippen LogP contribution is 2.36. The van der Waals surface area contributed by atoms with Crippen LogP contribution in [0.4, 0.5) is 5.69 Å². The number of benzene rings is 1. The van der Waals surface area contributed by atoms with Gasteiger partial charge in [-0.2, -0.15) is 0 Å². The molecule has 1 aromatic rings. The topological polar surface area (TPSA) is 49.4 Å². The quantitative estimate of drug-likeness (QED) is 0.917. The van der Waals surface area contributed by atoms with E-state index in [0.29, 0.717) is 23.9 Å². The smallest absolute Gasteiger partial charge is 0.254 e. The molecule has 3 rings (SSSR count). The zero-order chi connectivity index (χ0) is 14.3. The third-order valence-electron chi connectivity index (χ3n) is 3.90. The Morgan fingerprint density at radius 2 is 1.95 bits per heavy atom. The van der Waals surface area contributed by atoms with Crippen molar-refractivity contribution in [2.24, 2.45) is 11.8 Å². The van der Waals surface area contributed by atoms with Gasteiger partial charge < -0.3 is 10.2 Å². The standard InChI is InChI=1S/C16H20N2O2/c1-10(2)9-18-13-6-4-3-5-12(13)15(19)17-14(16(18)20)11-7-8-11/h3-6,10-11,14H,7-9H2,1-2H3,(H,17,19). The Balaban J connectivity index is 2.04. The number of nitrogens with zero attached hydrogens (tertiary/aromatic N) is 1. The van der Waals surface area contributed by atoms with Crippen LogP contribution in [0.25, 0.3) is 0 Å². The number of fused-ring (bicyclic) bond motifs is 1. The van der Waals surface area contributed by atoms with Crippen molar-refractivity contribution in [1.29, 1.82) is 0 Å². The number of rotatable bonds is 3. The molecule has 4 nitrogen and oxygen atoms in total. The number of nitrogens with one attached hydrogen (secondary N) is 1. The molecule has 2 aliphatic rings. The van der Waals surface area contributed by atoms with E-state index in [0.717, 1.165) is 18.5 Å². The molecule has 1 N–H and O–H groups in total. The molecule has 1 aliphatic heterocycles. The van der Waals surface area contributed by atoms with Gasteiger partial charge in [0.05, 0.1) is 11.3 Å². The second-order valence-electron chi connectivity index (χ2n) is 6.15. The number of para-hydroxylation sites is 1. The summed E-state index contributed by atoms with van der Waals surface area (Å²) in [5.74, 6) is 0.590. The lowest BCUT2D eigenvalue weighted by Crippen LogP contribution is -2.48. The molecule has 106 valence electrons. The summed E-state index contributed by atoms with van der Waals surface area (Å²) in [7, 11) is 0. The molecule has 0 spiro atoms. The van der Waals surface area contributed by atoms with E-state index in [1.165, 1.54) is 0 Å². The van der Waals surface area contributed by atoms with Gasteiger partial charge in [0.15, 0.2) is 0 Å². The average molecular weight is 272 g/mol. The van der Waals surface area contributed by atoms with Crippen LogP contribution >= 0.6 is 0 Å². The molecule has 4 heteroatoms. The summed E-state index contributed by atoms with van der Waals surface area (Å²) in [5, 5.41) is 2.92. The predicted octanol–water partition coefficient (Wildman–Crippen LogP) is 2.20. The zero-order valence-electron chi connectivity index (χ0n) is 11.9. The van der Waals surface area contributed by atoms with Crippen LogP contribution in [0.2, 0.25) is 0 Å². The first-order chi connectivity index (χ1) is 9.58. The van der Waals surface area contributed by atoms with Gasteiger partial charge in [0.25, 0.3) is 5.91 Å². The normalized spacial score (nSPS) is 22.6. The predicted molar refractivity (Wildman–Crippen MR) is 77.6 cm³/mol. The number of carbonyl (C=O) groups is 2. The molecular formula is C16H20N2O2. The van der Waals surface area contributed by atoms with Crippen LogP contribution in [0.1, 0.15) is 37.0 Å². The molecule has 1 saturated carbocycles. The van der Waals surface area contributed by atoms with E-state index in [2.05, 4.69) is 19.2 Å². The molecule has 0 radical (unpaired) electrons. The van der Waals surface area contributed by atoms with Crippen molar-refractivity contribution >= 4 is 17.5 Å². The summed E-state index contributed by atoms with van der Waals surface area (Å²) in [5.41, 5.74) is 1.34. The molecule has 1 heterocycles. The molecule has 20 heavy (non-hydrogen) atoms. The number of hydrogen-bond donors (Lipinski definition) is 1. The summed E-state index contributed by atoms with van der Waals surface area (Å²) in [6.45, 7) is 4.82. The largest absolute Gasteiger partial charge is 0.340 e. The fourth-order valence-electron chi connectivity index (χ4n) is 2.77. The average Bonchev–Trinajstić information content (AvgIpc) is 3.25. The Hall–Kier alpha value is -1.84. The van der Waals surface area contributed by atoms with E-state index in [1.54, 1.807) is 11.0 Å². The van der Waals surface area contributed by atoms with Crippen molar-refractivity contribution in [3.63, 3.8) is 0 Å². The lowest BCUT2D eigenvalue weighted by molar-refractivity contribution is -0.120. The molecule has 0 bridgehead atoms. The van der Waals surface area contributed by atoms with Crippen LogP contribution in [0.3, 0.4) is 0 Å². The monoisotopic (exact) mass is 272 g/mol. The van der Waals surface area contributed by atoms with Gasteiger partial charge in [-0.15, -0.1) is 0 Å². The number of carbonyl (C=O) groups excluding carboxylic acids is 2. The van der Waals surface area contributed by atoms with Crippen LogP contribution in [0.15, 0.2) is 24.3 Å². The Labute approximate surface area is 119 Å². The van der Waals surface area contributed by atoms with Crippen LogP contribution in [-0.2, 0) is 4.79 Å². The van der Waals surface area contributed by atoms with Crippen molar-refractivity contribution in [1.82, 2.24) is 5.32 Å². The minimum Gasteiger partial charge on any atom is -0.340 e. The van der Waals surface area contributed by atoms with Gasteiger partial charge >= 0.3 is 0 Å². The first-order valence-corrected chi connectivity index (χ1v) is 7.29. The van der Waals surface area contributed by atoms with Gasteiger partial charge in [0.2, 0.25) is 5.91 Å². The van der Waals surface area contributed by atoms with Gasteiger partial charge in [-0.25, -0.2) is 0 Å². The van der Waals surface area contributed by atoms with Crippen molar-refractivity contribution in [3.05, 3.63) is 29.8 Å². The van der Waals surface area contributed by atoms with Crippen LogP contribution < -0.4 is 10.2 Å². The Bertz CT molecular complexity index is 549. The summed E-state index contributed by atoms with van der Waals surface area (Å²) in [4.78, 5) is 26.9. The highest BCUT2D eigenvalue weighted by Gasteiger charge is 2.42. The van der Waals surface area contributed by atoms with Crippen molar-refractivity contribution < 1.29 is 9.59 Å². The van der Waals surface area contributed by atoms with Crippen LogP contribution in [0.5, 0.6) is 0 Å². The molecule has 1 aromatic carbocycles. The van der Waals surface area contributed by atoms with Gasteiger partial charge in [0.1, 0.15) is 6.04 Å². The lowest BCUT2D eigenvalue weighted by atomic mass is 10.1. The molecule has 1 unspecified atom stereocenters. The molecule has 0 saturated heterocycles. The van der Waals surface area contributed by atoms with Gasteiger partial charge in [-0.1, -0.05) is 26.0 Å². The number of hydrogen-bond acceptors (Lipinski definition) is 2. The zero-order valence-corrected chi connectivity index (χ0v) is 11.9. The summed E-state index contributed by atoms with van der Waals surface area (Å²) < 4.78 is 0. The first-order valence-electron chi connectivity index (χ1n) is 7.29. The van der Waals surface area contributed by atoms with Gasteiger partial charge in [0, 0.05) is 6.54 Å². The third kappa shape index (κ3) is 2.30. The minimum absolute atomic E-state index is 0.0412. The van der Waals surface area contributed by atoms with Gasteiger partial charge in [-0.05, 0) is 36.8 Å². The minimum atomic E-state index is -0.353. The van der Waals surface area contributed by atoms with E-state index in [-0.39, 0.29) is 17.9 Å². The number of anilines is 1. The van der Waals surface area contributed by atoms with E-state index in [1.807, 2.05) is 18.2 Å². The molecule has 1 aliphatic carbocycles. The Morgan fingerprint density at radius 1 is 1.25 bits per heavy atom. The summed E-state index contributed by atoms with van der Waals surface area (Å²) >= 11 is 0. The molecule has 0 aromatic heterocycles. The van der Waals surface area contributed by atoms with Crippen molar-refractivity contribution in [2.45, 2.75) is 32.7 Å². The highest BCUT2D eigenvalue weighted by molar-refractivity contribution is 6.11. The Kier molecular flexibility index (Phi) is 3.24. The second kappa shape index (κ2) is 4.93. The molecule has 2 amide bonds.